The fourth-order valence-electron chi connectivity index (χ4n) is 2.28. The Morgan fingerprint density at radius 2 is 1.88 bits per heavy atom. The summed E-state index contributed by atoms with van der Waals surface area (Å²) < 4.78 is 1.81. The summed E-state index contributed by atoms with van der Waals surface area (Å²) in [7, 11) is 0. The molecule has 0 saturated heterocycles. The first-order valence-corrected chi connectivity index (χ1v) is 5.13. The SMILES string of the molecule is c1cc2ccc3[nH]nnn4ccc(c1)c2c3-4. The van der Waals surface area contributed by atoms with E-state index in [9.17, 15) is 0 Å². The second-order valence-electron chi connectivity index (χ2n) is 3.87. The van der Waals surface area contributed by atoms with Crippen LogP contribution >= 0.6 is 0 Å². The number of aromatic nitrogens is 4. The van der Waals surface area contributed by atoms with Gasteiger partial charge in [-0.3, -0.25) is 5.10 Å². The normalized spacial score (nSPS) is 11.8. The molecule has 4 heteroatoms. The van der Waals surface area contributed by atoms with Gasteiger partial charge in [-0.05, 0) is 28.1 Å². The van der Waals surface area contributed by atoms with E-state index < -0.39 is 0 Å². The van der Waals surface area contributed by atoms with Gasteiger partial charge in [-0.2, -0.15) is 0 Å². The Bertz CT molecular complexity index is 764. The number of aromatic amines is 1. The molecule has 0 spiro atoms. The molecule has 0 aliphatic carbocycles. The number of hydrogen-bond acceptors (Lipinski definition) is 2. The van der Waals surface area contributed by atoms with Crippen LogP contribution in [0.2, 0.25) is 0 Å². The van der Waals surface area contributed by atoms with Gasteiger partial charge < -0.3 is 0 Å². The second-order valence-corrected chi connectivity index (χ2v) is 3.87. The maximum absolute atomic E-state index is 4.04. The topological polar surface area (TPSA) is 46.5 Å². The Balaban J connectivity index is 2.45. The zero-order chi connectivity index (χ0) is 10.5. The third-order valence-electron chi connectivity index (χ3n) is 2.99. The summed E-state index contributed by atoms with van der Waals surface area (Å²) in [6, 6.07) is 12.5. The molecule has 2 aromatic rings. The van der Waals surface area contributed by atoms with Crippen LogP contribution in [0.15, 0.2) is 42.6 Å². The van der Waals surface area contributed by atoms with Crippen molar-refractivity contribution in [3.05, 3.63) is 42.6 Å². The average molecular weight is 208 g/mol. The lowest BCUT2D eigenvalue weighted by atomic mass is 10.0. The molecule has 4 rings (SSSR count). The molecule has 0 radical (unpaired) electrons. The monoisotopic (exact) mass is 208 g/mol. The molecule has 0 atom stereocenters. The quantitative estimate of drug-likeness (QED) is 0.451. The first-order chi connectivity index (χ1) is 7.93. The zero-order valence-corrected chi connectivity index (χ0v) is 8.38. The minimum absolute atomic E-state index is 0.999. The van der Waals surface area contributed by atoms with E-state index in [4.69, 9.17) is 0 Å². The van der Waals surface area contributed by atoms with Crippen molar-refractivity contribution in [3.63, 3.8) is 0 Å². The van der Waals surface area contributed by atoms with Crippen LogP contribution in [-0.2, 0) is 0 Å². The van der Waals surface area contributed by atoms with Crippen molar-refractivity contribution in [2.75, 3.05) is 0 Å². The van der Waals surface area contributed by atoms with Crippen LogP contribution in [0, 0.1) is 0 Å². The van der Waals surface area contributed by atoms with Crippen molar-refractivity contribution in [1.29, 1.82) is 0 Å². The summed E-state index contributed by atoms with van der Waals surface area (Å²) in [5, 5.41) is 14.5. The molecule has 0 aromatic heterocycles. The number of nitrogens with one attached hydrogen (secondary N) is 1. The van der Waals surface area contributed by atoms with Crippen molar-refractivity contribution in [2.24, 2.45) is 0 Å². The molecule has 16 heavy (non-hydrogen) atoms. The van der Waals surface area contributed by atoms with Crippen molar-refractivity contribution in [3.8, 4) is 5.69 Å². The number of nitrogens with zero attached hydrogens (tertiary/aromatic N) is 3. The molecule has 0 unspecified atom stereocenters. The highest BCUT2D eigenvalue weighted by atomic mass is 15.5. The highest BCUT2D eigenvalue weighted by molar-refractivity contribution is 6.08. The summed E-state index contributed by atoms with van der Waals surface area (Å²) in [4.78, 5) is 0. The van der Waals surface area contributed by atoms with Gasteiger partial charge in [0.05, 0.1) is 11.2 Å². The summed E-state index contributed by atoms with van der Waals surface area (Å²) in [5.74, 6) is 0. The van der Waals surface area contributed by atoms with Crippen molar-refractivity contribution < 1.29 is 0 Å². The second kappa shape index (κ2) is 2.61. The van der Waals surface area contributed by atoms with Crippen LogP contribution in [0.25, 0.3) is 27.4 Å². The zero-order valence-electron chi connectivity index (χ0n) is 8.38. The lowest BCUT2D eigenvalue weighted by Gasteiger charge is -2.14. The van der Waals surface area contributed by atoms with Crippen LogP contribution in [0.4, 0.5) is 0 Å². The highest BCUT2D eigenvalue weighted by Gasteiger charge is 2.12. The van der Waals surface area contributed by atoms with Gasteiger partial charge >= 0.3 is 0 Å². The molecule has 2 aromatic carbocycles. The van der Waals surface area contributed by atoms with Gasteiger partial charge in [-0.1, -0.05) is 29.5 Å². The Morgan fingerprint density at radius 1 is 1.00 bits per heavy atom. The number of rotatable bonds is 0. The smallest absolute Gasteiger partial charge is 0.0998 e. The molecule has 2 aliphatic rings. The molecular weight excluding hydrogens is 200 g/mol. The van der Waals surface area contributed by atoms with Crippen LogP contribution in [0.1, 0.15) is 0 Å². The molecule has 4 nitrogen and oxygen atoms in total. The third-order valence-corrected chi connectivity index (χ3v) is 2.99. The lowest BCUT2D eigenvalue weighted by molar-refractivity contribution is 0.692. The summed E-state index contributed by atoms with van der Waals surface area (Å²) in [6.45, 7) is 0. The van der Waals surface area contributed by atoms with Gasteiger partial charge in [0, 0.05) is 11.6 Å². The number of pyridine rings is 1. The van der Waals surface area contributed by atoms with E-state index in [1.54, 1.807) is 4.68 Å². The fourth-order valence-corrected chi connectivity index (χ4v) is 2.28. The number of H-pyrrole nitrogens is 1. The van der Waals surface area contributed by atoms with E-state index in [0.29, 0.717) is 0 Å². The molecule has 2 aliphatic heterocycles. The fraction of sp³-hybridized carbons (Fsp3) is 0. The van der Waals surface area contributed by atoms with Crippen LogP contribution in [0.3, 0.4) is 0 Å². The Kier molecular flexibility index (Phi) is 1.28. The van der Waals surface area contributed by atoms with E-state index in [1.165, 1.54) is 16.2 Å². The maximum Gasteiger partial charge on any atom is 0.0998 e. The summed E-state index contributed by atoms with van der Waals surface area (Å²) in [5.41, 5.74) is 2.09. The van der Waals surface area contributed by atoms with Gasteiger partial charge in [0.2, 0.25) is 0 Å². The lowest BCUT2D eigenvalue weighted by Crippen LogP contribution is -2.08. The molecule has 0 amide bonds. The standard InChI is InChI=1S/C12H8N4/c1-2-8-4-5-10-12-11(8)9(3-1)6-7-16(12)15-14-13-10/h1-7H,(H,13,15). The molecule has 0 saturated carbocycles. The highest BCUT2D eigenvalue weighted by Crippen LogP contribution is 2.30. The van der Waals surface area contributed by atoms with E-state index >= 15 is 0 Å². The molecule has 2 heterocycles. The first kappa shape index (κ1) is 7.87. The maximum atomic E-state index is 4.04. The molecular formula is C12H8N4. The van der Waals surface area contributed by atoms with Gasteiger partial charge in [-0.15, -0.1) is 0 Å². The molecule has 0 fully saturated rings. The van der Waals surface area contributed by atoms with E-state index in [-0.39, 0.29) is 0 Å². The van der Waals surface area contributed by atoms with Crippen molar-refractivity contribution in [1.82, 2.24) is 20.2 Å². The third kappa shape index (κ3) is 0.839. The van der Waals surface area contributed by atoms with Crippen LogP contribution < -0.4 is 0 Å². The van der Waals surface area contributed by atoms with E-state index in [2.05, 4.69) is 45.9 Å². The predicted molar refractivity (Wildman–Crippen MR) is 61.9 cm³/mol. The van der Waals surface area contributed by atoms with Gasteiger partial charge in [0.1, 0.15) is 0 Å². The minimum atomic E-state index is 0.999. The average Bonchev–Trinajstić information content (AvgIpc) is 2.36. The Labute approximate surface area is 90.8 Å². The molecule has 76 valence electrons. The summed E-state index contributed by atoms with van der Waals surface area (Å²) >= 11 is 0. The summed E-state index contributed by atoms with van der Waals surface area (Å²) in [6.07, 6.45) is 1.94. The van der Waals surface area contributed by atoms with Crippen molar-refractivity contribution >= 4 is 21.7 Å². The number of hydrogen-bond donors (Lipinski definition) is 1. The Morgan fingerprint density at radius 3 is 2.81 bits per heavy atom. The molecule has 1 N–H and O–H groups in total. The Hall–Kier alpha value is -2.36. The number of benzene rings is 2. The van der Waals surface area contributed by atoms with E-state index in [1.807, 2.05) is 12.3 Å². The predicted octanol–water partition coefficient (Wildman–Crippen LogP) is 2.34. The van der Waals surface area contributed by atoms with E-state index in [0.717, 1.165) is 11.2 Å². The largest absolute Gasteiger partial charge is 0.256 e. The van der Waals surface area contributed by atoms with Gasteiger partial charge in [0.25, 0.3) is 0 Å². The van der Waals surface area contributed by atoms with Gasteiger partial charge in [0.15, 0.2) is 0 Å². The van der Waals surface area contributed by atoms with Gasteiger partial charge in [-0.25, -0.2) is 4.68 Å². The minimum Gasteiger partial charge on any atom is -0.256 e. The first-order valence-electron chi connectivity index (χ1n) is 5.13. The van der Waals surface area contributed by atoms with Crippen LogP contribution in [-0.4, -0.2) is 20.2 Å². The van der Waals surface area contributed by atoms with Crippen LogP contribution in [0.5, 0.6) is 0 Å². The van der Waals surface area contributed by atoms with Crippen molar-refractivity contribution in [2.45, 2.75) is 0 Å². The molecule has 0 bridgehead atoms.